The number of hydrogen-bond acceptors (Lipinski definition) is 3. The third-order valence-corrected chi connectivity index (χ3v) is 5.27. The monoisotopic (exact) mass is 336 g/mol. The molecule has 5 heteroatoms. The molecule has 3 rings (SSSR count). The summed E-state index contributed by atoms with van der Waals surface area (Å²) in [6.45, 7) is 4.21. The van der Waals surface area contributed by atoms with Crippen molar-refractivity contribution in [3.05, 3.63) is 28.8 Å². The summed E-state index contributed by atoms with van der Waals surface area (Å²) in [5.74, 6) is 0.656. The predicted molar refractivity (Wildman–Crippen MR) is 92.4 cm³/mol. The lowest BCUT2D eigenvalue weighted by Crippen LogP contribution is -2.44. The fourth-order valence-electron chi connectivity index (χ4n) is 3.69. The van der Waals surface area contributed by atoms with Crippen LogP contribution in [0, 0.1) is 0 Å². The Bertz CT molecular complexity index is 558. The Balaban J connectivity index is 1.70. The molecule has 1 aromatic carbocycles. The predicted octanol–water partition coefficient (Wildman–Crippen LogP) is 3.44. The van der Waals surface area contributed by atoms with Gasteiger partial charge in [-0.1, -0.05) is 18.0 Å². The van der Waals surface area contributed by atoms with Gasteiger partial charge in [-0.3, -0.25) is 4.79 Å². The zero-order valence-corrected chi connectivity index (χ0v) is 14.5. The van der Waals surface area contributed by atoms with E-state index in [1.807, 2.05) is 4.90 Å². The number of halogens is 1. The van der Waals surface area contributed by atoms with Gasteiger partial charge in [0.05, 0.1) is 12.1 Å². The quantitative estimate of drug-likeness (QED) is 0.844. The number of benzene rings is 1. The molecule has 1 atom stereocenters. The largest absolute Gasteiger partial charge is 0.495 e. The van der Waals surface area contributed by atoms with E-state index in [1.165, 1.54) is 32.4 Å². The van der Waals surface area contributed by atoms with E-state index < -0.39 is 0 Å². The molecule has 0 N–H and O–H groups in total. The number of ether oxygens (including phenoxy) is 1. The lowest BCUT2D eigenvalue weighted by molar-refractivity contribution is 0.0690. The number of amides is 1. The summed E-state index contributed by atoms with van der Waals surface area (Å²) in [5, 5.41) is 0.537. The van der Waals surface area contributed by atoms with Gasteiger partial charge in [-0.15, -0.1) is 0 Å². The fraction of sp³-hybridized carbons (Fsp3) is 0.611. The van der Waals surface area contributed by atoms with E-state index in [0.29, 0.717) is 22.4 Å². The highest BCUT2D eigenvalue weighted by Crippen LogP contribution is 2.28. The standard InChI is InChI=1S/C18H25ClN2O2/c1-23-17-12-14(7-8-16(17)19)18(22)21-11-5-6-15(21)13-20-9-3-2-4-10-20/h7-8,12,15H,2-6,9-11,13H2,1H3. The molecule has 0 bridgehead atoms. The molecule has 23 heavy (non-hydrogen) atoms. The van der Waals surface area contributed by atoms with Crippen LogP contribution >= 0.6 is 11.6 Å². The van der Waals surface area contributed by atoms with Gasteiger partial charge in [-0.2, -0.15) is 0 Å². The first kappa shape index (κ1) is 16.6. The normalized spacial score (nSPS) is 22.3. The number of carbonyl (C=O) groups is 1. The van der Waals surface area contributed by atoms with E-state index in [4.69, 9.17) is 16.3 Å². The number of rotatable bonds is 4. The van der Waals surface area contributed by atoms with Crippen molar-refractivity contribution in [1.29, 1.82) is 0 Å². The number of methoxy groups -OCH3 is 1. The van der Waals surface area contributed by atoms with Crippen LogP contribution in [-0.2, 0) is 0 Å². The summed E-state index contributed by atoms with van der Waals surface area (Å²) in [7, 11) is 1.57. The van der Waals surface area contributed by atoms with Crippen LogP contribution in [0.15, 0.2) is 18.2 Å². The zero-order valence-electron chi connectivity index (χ0n) is 13.8. The Labute approximate surface area is 143 Å². The lowest BCUT2D eigenvalue weighted by Gasteiger charge is -2.33. The molecule has 1 amide bonds. The summed E-state index contributed by atoms with van der Waals surface area (Å²) < 4.78 is 5.24. The first-order chi connectivity index (χ1) is 11.2. The molecule has 2 aliphatic heterocycles. The Morgan fingerprint density at radius 2 is 2.00 bits per heavy atom. The first-order valence-electron chi connectivity index (χ1n) is 8.56. The fourth-order valence-corrected chi connectivity index (χ4v) is 3.89. The number of nitrogens with zero attached hydrogens (tertiary/aromatic N) is 2. The lowest BCUT2D eigenvalue weighted by atomic mass is 10.1. The highest BCUT2D eigenvalue weighted by molar-refractivity contribution is 6.32. The molecule has 0 aromatic heterocycles. The van der Waals surface area contributed by atoms with Crippen LogP contribution in [0.4, 0.5) is 0 Å². The second kappa shape index (κ2) is 7.54. The molecule has 0 radical (unpaired) electrons. The minimum Gasteiger partial charge on any atom is -0.495 e. The Kier molecular flexibility index (Phi) is 5.44. The van der Waals surface area contributed by atoms with E-state index in [-0.39, 0.29) is 5.91 Å². The summed E-state index contributed by atoms with van der Waals surface area (Å²) >= 11 is 6.06. The molecule has 2 aliphatic rings. The minimum atomic E-state index is 0.0967. The van der Waals surface area contributed by atoms with Gasteiger partial charge >= 0.3 is 0 Å². The summed E-state index contributed by atoms with van der Waals surface area (Å²) in [4.78, 5) is 17.4. The molecule has 0 saturated carbocycles. The van der Waals surface area contributed by atoms with Crippen molar-refractivity contribution in [3.8, 4) is 5.75 Å². The van der Waals surface area contributed by atoms with Crippen molar-refractivity contribution in [1.82, 2.24) is 9.80 Å². The van der Waals surface area contributed by atoms with Crippen LogP contribution in [0.5, 0.6) is 5.75 Å². The third kappa shape index (κ3) is 3.81. The Morgan fingerprint density at radius 1 is 1.22 bits per heavy atom. The summed E-state index contributed by atoms with van der Waals surface area (Å²) in [6, 6.07) is 5.62. The van der Waals surface area contributed by atoms with Crippen molar-refractivity contribution in [3.63, 3.8) is 0 Å². The highest BCUT2D eigenvalue weighted by atomic mass is 35.5. The molecule has 1 aromatic rings. The van der Waals surface area contributed by atoms with Crippen molar-refractivity contribution < 1.29 is 9.53 Å². The molecule has 1 unspecified atom stereocenters. The molecule has 2 fully saturated rings. The van der Waals surface area contributed by atoms with Gasteiger partial charge in [0.2, 0.25) is 0 Å². The van der Waals surface area contributed by atoms with E-state index in [2.05, 4.69) is 4.90 Å². The molecule has 2 saturated heterocycles. The first-order valence-corrected chi connectivity index (χ1v) is 8.93. The Morgan fingerprint density at radius 3 is 2.74 bits per heavy atom. The topological polar surface area (TPSA) is 32.8 Å². The van der Waals surface area contributed by atoms with Crippen molar-refractivity contribution >= 4 is 17.5 Å². The molecular formula is C18H25ClN2O2. The maximum absolute atomic E-state index is 12.9. The van der Waals surface area contributed by atoms with Gasteiger partial charge in [-0.05, 0) is 57.0 Å². The van der Waals surface area contributed by atoms with E-state index >= 15 is 0 Å². The minimum absolute atomic E-state index is 0.0967. The van der Waals surface area contributed by atoms with Crippen LogP contribution in [0.3, 0.4) is 0 Å². The third-order valence-electron chi connectivity index (χ3n) is 4.95. The highest BCUT2D eigenvalue weighted by Gasteiger charge is 2.31. The second-order valence-corrected chi connectivity index (χ2v) is 6.91. The molecule has 2 heterocycles. The van der Waals surface area contributed by atoms with Crippen LogP contribution < -0.4 is 4.74 Å². The molecule has 4 nitrogen and oxygen atoms in total. The SMILES string of the molecule is COc1cc(C(=O)N2CCCC2CN2CCCCC2)ccc1Cl. The Hall–Kier alpha value is -1.26. The number of hydrogen-bond donors (Lipinski definition) is 0. The molecule has 0 aliphatic carbocycles. The van der Waals surface area contributed by atoms with Crippen molar-refractivity contribution in [2.24, 2.45) is 0 Å². The van der Waals surface area contributed by atoms with Crippen molar-refractivity contribution in [2.75, 3.05) is 33.3 Å². The maximum Gasteiger partial charge on any atom is 0.254 e. The smallest absolute Gasteiger partial charge is 0.254 e. The van der Waals surface area contributed by atoms with E-state index in [9.17, 15) is 4.79 Å². The maximum atomic E-state index is 12.9. The summed E-state index contributed by atoms with van der Waals surface area (Å²) in [5.41, 5.74) is 0.664. The van der Waals surface area contributed by atoms with Gasteiger partial charge in [0.1, 0.15) is 5.75 Å². The van der Waals surface area contributed by atoms with Crippen LogP contribution in [0.25, 0.3) is 0 Å². The second-order valence-electron chi connectivity index (χ2n) is 6.51. The average Bonchev–Trinajstić information content (AvgIpc) is 3.03. The van der Waals surface area contributed by atoms with E-state index in [0.717, 1.165) is 25.9 Å². The summed E-state index contributed by atoms with van der Waals surface area (Å²) in [6.07, 6.45) is 6.11. The van der Waals surface area contributed by atoms with E-state index in [1.54, 1.807) is 25.3 Å². The zero-order chi connectivity index (χ0) is 16.2. The van der Waals surface area contributed by atoms with Gasteiger partial charge in [0, 0.05) is 24.7 Å². The molecule has 0 spiro atoms. The van der Waals surface area contributed by atoms with Gasteiger partial charge in [0.25, 0.3) is 5.91 Å². The van der Waals surface area contributed by atoms with Crippen molar-refractivity contribution in [2.45, 2.75) is 38.1 Å². The number of likely N-dealkylation sites (tertiary alicyclic amines) is 2. The van der Waals surface area contributed by atoms with Gasteiger partial charge < -0.3 is 14.5 Å². The number of carbonyl (C=O) groups excluding carboxylic acids is 1. The average molecular weight is 337 g/mol. The number of piperidine rings is 1. The van der Waals surface area contributed by atoms with Crippen LogP contribution in [-0.4, -0.2) is 55.0 Å². The van der Waals surface area contributed by atoms with Crippen LogP contribution in [0.1, 0.15) is 42.5 Å². The molecular weight excluding hydrogens is 312 g/mol. The van der Waals surface area contributed by atoms with Gasteiger partial charge in [0.15, 0.2) is 0 Å². The van der Waals surface area contributed by atoms with Crippen LogP contribution in [0.2, 0.25) is 5.02 Å². The van der Waals surface area contributed by atoms with Gasteiger partial charge in [-0.25, -0.2) is 0 Å². The molecule has 126 valence electrons.